The summed E-state index contributed by atoms with van der Waals surface area (Å²) in [6.07, 6.45) is 1.41. The van der Waals surface area contributed by atoms with Crippen LogP contribution in [0, 0.1) is 15.9 Å². The van der Waals surface area contributed by atoms with Gasteiger partial charge < -0.3 is 4.98 Å². The van der Waals surface area contributed by atoms with Crippen LogP contribution in [-0.4, -0.2) is 24.7 Å². The van der Waals surface area contributed by atoms with Crippen molar-refractivity contribution in [1.29, 1.82) is 0 Å². The van der Waals surface area contributed by atoms with Gasteiger partial charge in [0.25, 0.3) is 11.2 Å². The van der Waals surface area contributed by atoms with E-state index in [0.717, 1.165) is 5.56 Å². The maximum absolute atomic E-state index is 13.2. The van der Waals surface area contributed by atoms with E-state index in [2.05, 4.69) is 15.1 Å². The first-order chi connectivity index (χ1) is 13.5. The zero-order chi connectivity index (χ0) is 19.7. The van der Waals surface area contributed by atoms with Gasteiger partial charge in [-0.05, 0) is 29.8 Å². The van der Waals surface area contributed by atoms with Crippen LogP contribution in [0.2, 0.25) is 0 Å². The maximum atomic E-state index is 13.2. The van der Waals surface area contributed by atoms with Crippen LogP contribution in [-0.2, 0) is 5.75 Å². The van der Waals surface area contributed by atoms with Crippen molar-refractivity contribution in [1.82, 2.24) is 19.7 Å². The van der Waals surface area contributed by atoms with E-state index in [-0.39, 0.29) is 17.1 Å². The summed E-state index contributed by atoms with van der Waals surface area (Å²) in [6, 6.07) is 11.9. The molecular formula is C18H12FN5O3S. The van der Waals surface area contributed by atoms with Crippen molar-refractivity contribution in [2.45, 2.75) is 10.9 Å². The Hall–Kier alpha value is -3.53. The number of rotatable bonds is 5. The summed E-state index contributed by atoms with van der Waals surface area (Å²) < 4.78 is 14.6. The Morgan fingerprint density at radius 3 is 2.54 bits per heavy atom. The third-order valence-corrected chi connectivity index (χ3v) is 4.95. The van der Waals surface area contributed by atoms with E-state index in [1.54, 1.807) is 24.3 Å². The van der Waals surface area contributed by atoms with E-state index >= 15 is 0 Å². The molecule has 1 N–H and O–H groups in total. The van der Waals surface area contributed by atoms with Crippen molar-refractivity contribution >= 4 is 28.5 Å². The molecule has 4 aromatic rings. The highest BCUT2D eigenvalue weighted by Crippen LogP contribution is 2.22. The first kappa shape index (κ1) is 17.9. The summed E-state index contributed by atoms with van der Waals surface area (Å²) in [5.41, 5.74) is 1.49. The number of nitrogens with zero attached hydrogens (tertiary/aromatic N) is 4. The molecule has 0 saturated carbocycles. The minimum absolute atomic E-state index is 0.0184. The van der Waals surface area contributed by atoms with Crippen molar-refractivity contribution in [3.63, 3.8) is 0 Å². The van der Waals surface area contributed by atoms with Crippen LogP contribution in [0.15, 0.2) is 64.7 Å². The fourth-order valence-electron chi connectivity index (χ4n) is 2.60. The number of nitro groups is 1. The lowest BCUT2D eigenvalue weighted by atomic mass is 10.2. The third kappa shape index (κ3) is 3.49. The lowest BCUT2D eigenvalue weighted by molar-refractivity contribution is -0.384. The summed E-state index contributed by atoms with van der Waals surface area (Å²) in [6.45, 7) is 0. The van der Waals surface area contributed by atoms with Crippen molar-refractivity contribution in [3.8, 4) is 5.69 Å². The molecule has 0 bridgehead atoms. The van der Waals surface area contributed by atoms with Crippen molar-refractivity contribution < 1.29 is 9.31 Å². The number of thioether (sulfide) groups is 1. The first-order valence-corrected chi connectivity index (χ1v) is 9.10. The van der Waals surface area contributed by atoms with Crippen LogP contribution in [0.1, 0.15) is 5.56 Å². The van der Waals surface area contributed by atoms with Crippen LogP contribution in [0.25, 0.3) is 16.7 Å². The predicted molar refractivity (Wildman–Crippen MR) is 102 cm³/mol. The Kier molecular flexibility index (Phi) is 4.62. The zero-order valence-corrected chi connectivity index (χ0v) is 15.0. The van der Waals surface area contributed by atoms with Crippen molar-refractivity contribution in [2.24, 2.45) is 0 Å². The Morgan fingerprint density at radius 2 is 1.86 bits per heavy atom. The highest BCUT2D eigenvalue weighted by atomic mass is 32.2. The normalized spacial score (nSPS) is 11.0. The van der Waals surface area contributed by atoms with Gasteiger partial charge in [-0.1, -0.05) is 23.9 Å². The van der Waals surface area contributed by atoms with Gasteiger partial charge in [0.2, 0.25) is 0 Å². The van der Waals surface area contributed by atoms with Gasteiger partial charge in [-0.2, -0.15) is 5.10 Å². The van der Waals surface area contributed by atoms with Gasteiger partial charge in [-0.15, -0.1) is 0 Å². The molecule has 0 radical (unpaired) electrons. The number of aromatic nitrogens is 4. The van der Waals surface area contributed by atoms with E-state index in [1.807, 2.05) is 0 Å². The largest absolute Gasteiger partial charge is 0.301 e. The average Bonchev–Trinajstić information content (AvgIpc) is 3.12. The summed E-state index contributed by atoms with van der Waals surface area (Å²) in [5.74, 6) is 0.0993. The highest BCUT2D eigenvalue weighted by molar-refractivity contribution is 7.98. The van der Waals surface area contributed by atoms with Gasteiger partial charge in [-0.25, -0.2) is 14.1 Å². The second kappa shape index (κ2) is 7.24. The van der Waals surface area contributed by atoms with Gasteiger partial charge in [0.1, 0.15) is 11.2 Å². The molecule has 4 rings (SSSR count). The standard InChI is InChI=1S/C18H12FN5O3S/c19-12-3-7-13(8-4-12)23-16-15(9-20-23)17(25)22-18(21-16)28-10-11-1-5-14(6-2-11)24(26)27/h1-9H,10H2,(H,21,22,25). The van der Waals surface area contributed by atoms with E-state index in [4.69, 9.17) is 0 Å². The topological polar surface area (TPSA) is 107 Å². The maximum Gasteiger partial charge on any atom is 0.269 e. The molecule has 2 heterocycles. The molecule has 2 aromatic heterocycles. The smallest absolute Gasteiger partial charge is 0.269 e. The van der Waals surface area contributed by atoms with E-state index in [1.165, 1.54) is 46.9 Å². The lowest BCUT2D eigenvalue weighted by Crippen LogP contribution is -2.09. The number of fused-ring (bicyclic) bond motifs is 1. The number of nitro benzene ring substituents is 1. The molecule has 0 amide bonds. The number of H-pyrrole nitrogens is 1. The monoisotopic (exact) mass is 397 g/mol. The quantitative estimate of drug-likeness (QED) is 0.239. The number of aromatic amines is 1. The van der Waals surface area contributed by atoms with E-state index < -0.39 is 4.92 Å². The Balaban J connectivity index is 1.62. The molecule has 0 spiro atoms. The Bertz CT molecular complexity index is 1220. The van der Waals surface area contributed by atoms with Gasteiger partial charge in [0.05, 0.1) is 16.8 Å². The number of hydrogen-bond acceptors (Lipinski definition) is 6. The Morgan fingerprint density at radius 1 is 1.14 bits per heavy atom. The molecule has 0 aliphatic heterocycles. The summed E-state index contributed by atoms with van der Waals surface area (Å²) in [4.78, 5) is 29.8. The van der Waals surface area contributed by atoms with Crippen LogP contribution in [0.4, 0.5) is 10.1 Å². The molecule has 28 heavy (non-hydrogen) atoms. The van der Waals surface area contributed by atoms with Gasteiger partial charge in [-0.3, -0.25) is 14.9 Å². The molecule has 0 aliphatic carbocycles. The lowest BCUT2D eigenvalue weighted by Gasteiger charge is -2.05. The van der Waals surface area contributed by atoms with Crippen molar-refractivity contribution in [3.05, 3.63) is 86.6 Å². The van der Waals surface area contributed by atoms with Crippen LogP contribution < -0.4 is 5.56 Å². The van der Waals surface area contributed by atoms with Gasteiger partial charge in [0, 0.05) is 17.9 Å². The minimum atomic E-state index is -0.458. The average molecular weight is 397 g/mol. The molecule has 0 atom stereocenters. The van der Waals surface area contributed by atoms with Crippen LogP contribution in [0.3, 0.4) is 0 Å². The SMILES string of the molecule is O=c1[nH]c(SCc2ccc([N+](=O)[O-])cc2)nc2c1cnn2-c1ccc(F)cc1. The summed E-state index contributed by atoms with van der Waals surface area (Å²) in [5, 5.41) is 15.6. The summed E-state index contributed by atoms with van der Waals surface area (Å²) >= 11 is 1.29. The van der Waals surface area contributed by atoms with Crippen LogP contribution in [0.5, 0.6) is 0 Å². The molecule has 140 valence electrons. The molecule has 0 fully saturated rings. The number of halogens is 1. The second-order valence-electron chi connectivity index (χ2n) is 5.85. The first-order valence-electron chi connectivity index (χ1n) is 8.11. The Labute approximate surface area is 161 Å². The fourth-order valence-corrected chi connectivity index (χ4v) is 3.42. The van der Waals surface area contributed by atoms with E-state index in [9.17, 15) is 19.3 Å². The molecule has 0 unspecified atom stereocenters. The number of benzene rings is 2. The minimum Gasteiger partial charge on any atom is -0.301 e. The number of hydrogen-bond donors (Lipinski definition) is 1. The third-order valence-electron chi connectivity index (χ3n) is 4.01. The molecule has 0 saturated heterocycles. The molecular weight excluding hydrogens is 385 g/mol. The molecule has 8 nitrogen and oxygen atoms in total. The van der Waals surface area contributed by atoms with Gasteiger partial charge in [0.15, 0.2) is 10.8 Å². The van der Waals surface area contributed by atoms with E-state index in [0.29, 0.717) is 27.6 Å². The fraction of sp³-hybridized carbons (Fsp3) is 0.0556. The number of nitrogens with one attached hydrogen (secondary N) is 1. The van der Waals surface area contributed by atoms with Crippen molar-refractivity contribution in [2.75, 3.05) is 0 Å². The molecule has 2 aromatic carbocycles. The summed E-state index contributed by atoms with van der Waals surface area (Å²) in [7, 11) is 0. The second-order valence-corrected chi connectivity index (χ2v) is 6.82. The molecule has 10 heteroatoms. The zero-order valence-electron chi connectivity index (χ0n) is 14.2. The molecule has 0 aliphatic rings. The predicted octanol–water partition coefficient (Wildman–Crippen LogP) is 3.45. The highest BCUT2D eigenvalue weighted by Gasteiger charge is 2.12. The number of non-ortho nitro benzene ring substituents is 1. The van der Waals surface area contributed by atoms with Crippen LogP contribution >= 0.6 is 11.8 Å². The van der Waals surface area contributed by atoms with Gasteiger partial charge >= 0.3 is 0 Å².